The van der Waals surface area contributed by atoms with Crippen molar-refractivity contribution >= 4 is 33.6 Å². The van der Waals surface area contributed by atoms with Crippen LogP contribution in [0, 0.1) is 0 Å². The summed E-state index contributed by atoms with van der Waals surface area (Å²) in [6.07, 6.45) is 0. The Kier molecular flexibility index (Phi) is 5.61. The fraction of sp³-hybridized carbons (Fsp3) is 0.167. The Balaban J connectivity index is 2.02. The van der Waals surface area contributed by atoms with Crippen LogP contribution < -0.4 is 4.90 Å². The normalized spacial score (nSPS) is 11.1. The lowest BCUT2D eigenvalue weighted by molar-refractivity contribution is 0.0697. The highest BCUT2D eigenvalue weighted by Gasteiger charge is 2.24. The van der Waals surface area contributed by atoms with Gasteiger partial charge in [0, 0.05) is 30.4 Å². The summed E-state index contributed by atoms with van der Waals surface area (Å²) in [5.74, 6) is -0.989. The number of benzene rings is 3. The van der Waals surface area contributed by atoms with Gasteiger partial charge in [-0.05, 0) is 29.8 Å². The summed E-state index contributed by atoms with van der Waals surface area (Å²) in [6, 6.07) is 20.1. The first-order valence-corrected chi connectivity index (χ1v) is 9.72. The summed E-state index contributed by atoms with van der Waals surface area (Å²) in [5, 5.41) is 30.1. The molecule has 3 N–H and O–H groups in total. The molecule has 152 valence electrons. The molecule has 0 radical (unpaired) electrons. The van der Waals surface area contributed by atoms with Crippen molar-refractivity contribution in [2.75, 3.05) is 31.2 Å². The third-order valence-electron chi connectivity index (χ3n) is 5.14. The molecule has 30 heavy (non-hydrogen) atoms. The van der Waals surface area contributed by atoms with Gasteiger partial charge in [0.25, 0.3) is 0 Å². The maximum absolute atomic E-state index is 11.9. The minimum atomic E-state index is -0.989. The zero-order chi connectivity index (χ0) is 21.1. The molecule has 0 aliphatic heterocycles. The van der Waals surface area contributed by atoms with E-state index in [1.54, 1.807) is 12.1 Å². The predicted octanol–water partition coefficient (Wildman–Crippen LogP) is 4.02. The number of nitrogens with zero attached hydrogens (tertiary/aromatic N) is 1. The number of aliphatic hydroxyl groups excluding tert-OH is 2. The first-order chi connectivity index (χ1) is 14.6. The molecule has 0 aliphatic rings. The van der Waals surface area contributed by atoms with Crippen molar-refractivity contribution in [1.82, 2.24) is 0 Å². The van der Waals surface area contributed by atoms with Gasteiger partial charge in [-0.25, -0.2) is 9.21 Å². The second-order valence-corrected chi connectivity index (χ2v) is 6.94. The van der Waals surface area contributed by atoms with Gasteiger partial charge in [0.05, 0.1) is 35.6 Å². The average Bonchev–Trinajstić information content (AvgIpc) is 2.77. The maximum Gasteiger partial charge on any atom is 0.363 e. The van der Waals surface area contributed by atoms with Gasteiger partial charge in [-0.3, -0.25) is 0 Å². The van der Waals surface area contributed by atoms with Crippen molar-refractivity contribution in [3.8, 4) is 11.1 Å². The van der Waals surface area contributed by atoms with E-state index in [4.69, 9.17) is 4.42 Å². The Morgan fingerprint density at radius 3 is 2.23 bits per heavy atom. The zero-order valence-electron chi connectivity index (χ0n) is 16.3. The SMILES string of the molecule is O=C(O)c1ccccc1-c1c2ccccc2[o+]c2cc(N(CCO)CCO)ccc12. The fourth-order valence-corrected chi connectivity index (χ4v) is 3.81. The molecule has 0 saturated carbocycles. The average molecular weight is 404 g/mol. The standard InChI is InChI=1S/C24H21NO5/c26-13-11-25(12-14-27)16-9-10-20-22(15-16)30-21-8-4-3-7-19(21)23(20)17-5-1-2-6-18(17)24(28)29/h1-10,15,26-27H,11-14H2/p+1. The van der Waals surface area contributed by atoms with Crippen LogP contribution in [0.4, 0.5) is 5.69 Å². The third kappa shape index (κ3) is 3.58. The van der Waals surface area contributed by atoms with E-state index in [0.29, 0.717) is 29.8 Å². The van der Waals surface area contributed by atoms with Gasteiger partial charge < -0.3 is 20.2 Å². The molecule has 4 rings (SSSR count). The first-order valence-electron chi connectivity index (χ1n) is 9.72. The topological polar surface area (TPSA) is 92.3 Å². The van der Waals surface area contributed by atoms with Crippen molar-refractivity contribution in [1.29, 1.82) is 0 Å². The number of carbonyl (C=O) groups is 1. The Morgan fingerprint density at radius 1 is 0.833 bits per heavy atom. The number of carboxylic acid groups (broad SMARTS) is 1. The Hall–Kier alpha value is -3.48. The highest BCUT2D eigenvalue weighted by Crippen LogP contribution is 2.39. The lowest BCUT2D eigenvalue weighted by atomic mass is 9.93. The monoisotopic (exact) mass is 404 g/mol. The van der Waals surface area contributed by atoms with E-state index in [2.05, 4.69) is 0 Å². The van der Waals surface area contributed by atoms with E-state index in [9.17, 15) is 20.1 Å². The summed E-state index contributed by atoms with van der Waals surface area (Å²) < 4.78 is 6.16. The number of carboxylic acids is 1. The minimum Gasteiger partial charge on any atom is -0.478 e. The van der Waals surface area contributed by atoms with Crippen LogP contribution in [-0.4, -0.2) is 47.6 Å². The number of anilines is 1. The molecule has 0 saturated heterocycles. The van der Waals surface area contributed by atoms with Crippen LogP contribution in [0.1, 0.15) is 10.4 Å². The van der Waals surface area contributed by atoms with Crippen LogP contribution in [0.2, 0.25) is 0 Å². The van der Waals surface area contributed by atoms with Crippen molar-refractivity contribution < 1.29 is 24.5 Å². The number of rotatable bonds is 7. The number of aromatic carboxylic acids is 1. The van der Waals surface area contributed by atoms with Crippen LogP contribution in [0.15, 0.2) is 71.1 Å². The zero-order valence-corrected chi connectivity index (χ0v) is 16.3. The van der Waals surface area contributed by atoms with Crippen molar-refractivity contribution in [3.05, 3.63) is 72.3 Å². The summed E-state index contributed by atoms with van der Waals surface area (Å²) in [6.45, 7) is 0.691. The van der Waals surface area contributed by atoms with Crippen molar-refractivity contribution in [3.63, 3.8) is 0 Å². The van der Waals surface area contributed by atoms with Crippen molar-refractivity contribution in [2.24, 2.45) is 0 Å². The second kappa shape index (κ2) is 8.49. The molecule has 1 heterocycles. The maximum atomic E-state index is 11.9. The highest BCUT2D eigenvalue weighted by molar-refractivity contribution is 6.12. The molecule has 3 aromatic carbocycles. The summed E-state index contributed by atoms with van der Waals surface area (Å²) in [4.78, 5) is 13.7. The fourth-order valence-electron chi connectivity index (χ4n) is 3.81. The molecule has 0 unspecified atom stereocenters. The quantitative estimate of drug-likeness (QED) is 0.318. The lowest BCUT2D eigenvalue weighted by Crippen LogP contribution is -2.29. The van der Waals surface area contributed by atoms with Gasteiger partial charge >= 0.3 is 17.1 Å². The smallest absolute Gasteiger partial charge is 0.363 e. The third-order valence-corrected chi connectivity index (χ3v) is 5.14. The van der Waals surface area contributed by atoms with E-state index in [-0.39, 0.29) is 18.8 Å². The molecule has 0 bridgehead atoms. The van der Waals surface area contributed by atoms with Gasteiger partial charge in [0.2, 0.25) is 0 Å². The second-order valence-electron chi connectivity index (χ2n) is 6.94. The largest absolute Gasteiger partial charge is 0.478 e. The highest BCUT2D eigenvalue weighted by atomic mass is 16.4. The molecule has 6 heteroatoms. The lowest BCUT2D eigenvalue weighted by Gasteiger charge is -2.22. The van der Waals surface area contributed by atoms with Gasteiger partial charge in [-0.1, -0.05) is 30.3 Å². The number of hydrogen-bond donors (Lipinski definition) is 3. The first kappa shape index (κ1) is 19.8. The Labute approximate surface area is 173 Å². The van der Waals surface area contributed by atoms with Crippen molar-refractivity contribution in [2.45, 2.75) is 0 Å². The van der Waals surface area contributed by atoms with Crippen LogP contribution in [0.25, 0.3) is 33.1 Å². The van der Waals surface area contributed by atoms with Crippen LogP contribution >= 0.6 is 0 Å². The van der Waals surface area contributed by atoms with Gasteiger partial charge in [-0.2, -0.15) is 0 Å². The Morgan fingerprint density at radius 2 is 1.50 bits per heavy atom. The van der Waals surface area contributed by atoms with Gasteiger partial charge in [0.15, 0.2) is 0 Å². The summed E-state index contributed by atoms with van der Waals surface area (Å²) >= 11 is 0. The number of aliphatic hydroxyl groups is 2. The summed E-state index contributed by atoms with van der Waals surface area (Å²) in [7, 11) is 0. The molecule has 4 aromatic rings. The van der Waals surface area contributed by atoms with Crippen LogP contribution in [-0.2, 0) is 0 Å². The number of para-hydroxylation sites is 1. The number of fused-ring (bicyclic) bond motifs is 2. The van der Waals surface area contributed by atoms with Crippen LogP contribution in [0.5, 0.6) is 0 Å². The van der Waals surface area contributed by atoms with Gasteiger partial charge in [0.1, 0.15) is 0 Å². The number of hydrogen-bond acceptors (Lipinski definition) is 4. The predicted molar refractivity (Wildman–Crippen MR) is 117 cm³/mol. The van der Waals surface area contributed by atoms with Crippen LogP contribution in [0.3, 0.4) is 0 Å². The van der Waals surface area contributed by atoms with E-state index < -0.39 is 5.97 Å². The van der Waals surface area contributed by atoms with E-state index >= 15 is 0 Å². The minimum absolute atomic E-state index is 0.0376. The molecule has 6 nitrogen and oxygen atoms in total. The molecule has 0 atom stereocenters. The van der Waals surface area contributed by atoms with E-state index in [1.807, 2.05) is 59.5 Å². The molecular weight excluding hydrogens is 382 g/mol. The van der Waals surface area contributed by atoms with E-state index in [0.717, 1.165) is 22.0 Å². The molecule has 1 aromatic heterocycles. The molecular formula is C24H22NO5+. The summed E-state index contributed by atoms with van der Waals surface area (Å²) in [5.41, 5.74) is 3.70. The Bertz CT molecular complexity index is 1210. The van der Waals surface area contributed by atoms with E-state index in [1.165, 1.54) is 0 Å². The molecule has 0 amide bonds. The molecule has 0 spiro atoms. The molecule has 0 aliphatic carbocycles. The molecule has 0 fully saturated rings. The van der Waals surface area contributed by atoms with Gasteiger partial charge in [-0.15, -0.1) is 0 Å².